The van der Waals surface area contributed by atoms with Gasteiger partial charge < -0.3 is 20.5 Å². The standard InChI is InChI=1S/C13H18N2O3.ClH/c14-11(10-4-2-1-3-5-10)8-15-13(16)12-9-17-6-7-18-12;/h1-5,11-12H,6-9,14H2,(H,15,16);1H. The van der Waals surface area contributed by atoms with Gasteiger partial charge in [-0.25, -0.2) is 0 Å². The first kappa shape index (κ1) is 15.9. The number of nitrogens with two attached hydrogens (primary N) is 1. The summed E-state index contributed by atoms with van der Waals surface area (Å²) in [5.74, 6) is -0.166. The quantitative estimate of drug-likeness (QED) is 0.852. The third-order valence-electron chi connectivity index (χ3n) is 2.83. The van der Waals surface area contributed by atoms with Gasteiger partial charge in [0, 0.05) is 12.6 Å². The SMILES string of the molecule is Cl.NC(CNC(=O)C1COCCO1)c1ccccc1. The Morgan fingerprint density at radius 2 is 2.11 bits per heavy atom. The van der Waals surface area contributed by atoms with E-state index >= 15 is 0 Å². The second-order valence-corrected chi connectivity index (χ2v) is 4.20. The molecule has 1 fully saturated rings. The molecule has 5 nitrogen and oxygen atoms in total. The molecule has 1 heterocycles. The number of benzene rings is 1. The van der Waals surface area contributed by atoms with Gasteiger partial charge in [0.2, 0.25) is 0 Å². The molecule has 1 amide bonds. The molecule has 0 bridgehead atoms. The highest BCUT2D eigenvalue weighted by atomic mass is 35.5. The molecule has 2 unspecified atom stereocenters. The highest BCUT2D eigenvalue weighted by Gasteiger charge is 2.22. The highest BCUT2D eigenvalue weighted by molar-refractivity contribution is 5.85. The number of nitrogens with one attached hydrogen (secondary N) is 1. The van der Waals surface area contributed by atoms with Gasteiger partial charge in [0.1, 0.15) is 0 Å². The van der Waals surface area contributed by atoms with Crippen molar-refractivity contribution in [3.05, 3.63) is 35.9 Å². The lowest BCUT2D eigenvalue weighted by molar-refractivity contribution is -0.147. The van der Waals surface area contributed by atoms with E-state index in [1.54, 1.807) is 0 Å². The number of hydrogen-bond acceptors (Lipinski definition) is 4. The monoisotopic (exact) mass is 286 g/mol. The van der Waals surface area contributed by atoms with Gasteiger partial charge in [-0.1, -0.05) is 30.3 Å². The smallest absolute Gasteiger partial charge is 0.251 e. The van der Waals surface area contributed by atoms with Gasteiger partial charge in [-0.3, -0.25) is 4.79 Å². The first-order valence-electron chi connectivity index (χ1n) is 6.05. The zero-order chi connectivity index (χ0) is 12.8. The number of carbonyl (C=O) groups is 1. The summed E-state index contributed by atoms with van der Waals surface area (Å²) in [5, 5.41) is 2.78. The minimum absolute atomic E-state index is 0. The molecule has 1 aromatic carbocycles. The second-order valence-electron chi connectivity index (χ2n) is 4.20. The Labute approximate surface area is 118 Å². The van der Waals surface area contributed by atoms with Crippen molar-refractivity contribution in [2.75, 3.05) is 26.4 Å². The maximum absolute atomic E-state index is 11.8. The molecule has 0 aliphatic carbocycles. The van der Waals surface area contributed by atoms with Crippen molar-refractivity contribution in [1.29, 1.82) is 0 Å². The molecular weight excluding hydrogens is 268 g/mol. The Morgan fingerprint density at radius 1 is 1.37 bits per heavy atom. The first-order chi connectivity index (χ1) is 8.77. The van der Waals surface area contributed by atoms with Crippen molar-refractivity contribution in [2.45, 2.75) is 12.1 Å². The van der Waals surface area contributed by atoms with Crippen LogP contribution in [0.25, 0.3) is 0 Å². The lowest BCUT2D eigenvalue weighted by Gasteiger charge is -2.23. The number of halogens is 1. The van der Waals surface area contributed by atoms with Gasteiger partial charge in [-0.15, -0.1) is 12.4 Å². The molecule has 0 radical (unpaired) electrons. The second kappa shape index (κ2) is 8.12. The Hall–Kier alpha value is -1.14. The van der Waals surface area contributed by atoms with Gasteiger partial charge in [-0.2, -0.15) is 0 Å². The van der Waals surface area contributed by atoms with E-state index in [0.29, 0.717) is 26.4 Å². The number of amides is 1. The minimum atomic E-state index is -0.512. The van der Waals surface area contributed by atoms with Crippen LogP contribution >= 0.6 is 12.4 Å². The summed E-state index contributed by atoms with van der Waals surface area (Å²) in [6.45, 7) is 1.71. The maximum atomic E-state index is 11.8. The molecule has 19 heavy (non-hydrogen) atoms. The average Bonchev–Trinajstić information content (AvgIpc) is 2.46. The van der Waals surface area contributed by atoms with Crippen LogP contribution < -0.4 is 11.1 Å². The highest BCUT2D eigenvalue weighted by Crippen LogP contribution is 2.08. The molecule has 1 saturated heterocycles. The Kier molecular flexibility index (Phi) is 6.80. The average molecular weight is 287 g/mol. The molecule has 0 spiro atoms. The fraction of sp³-hybridized carbons (Fsp3) is 0.462. The zero-order valence-corrected chi connectivity index (χ0v) is 11.4. The van der Waals surface area contributed by atoms with E-state index in [-0.39, 0.29) is 24.4 Å². The predicted molar refractivity (Wildman–Crippen MR) is 74.2 cm³/mol. The Morgan fingerprint density at radius 3 is 2.74 bits per heavy atom. The summed E-state index contributed by atoms with van der Waals surface area (Å²) in [5.41, 5.74) is 6.98. The molecule has 6 heteroatoms. The van der Waals surface area contributed by atoms with Crippen molar-refractivity contribution in [3.63, 3.8) is 0 Å². The lowest BCUT2D eigenvalue weighted by Crippen LogP contribution is -2.44. The molecule has 1 aliphatic heterocycles. The van der Waals surface area contributed by atoms with Crippen LogP contribution in [0, 0.1) is 0 Å². The van der Waals surface area contributed by atoms with E-state index in [2.05, 4.69) is 5.32 Å². The Bertz CT molecular complexity index is 383. The molecule has 0 saturated carbocycles. The molecule has 106 valence electrons. The van der Waals surface area contributed by atoms with Crippen molar-refractivity contribution in [3.8, 4) is 0 Å². The summed E-state index contributed by atoms with van der Waals surface area (Å²) < 4.78 is 10.5. The van der Waals surface area contributed by atoms with Crippen molar-refractivity contribution in [1.82, 2.24) is 5.32 Å². The van der Waals surface area contributed by atoms with Gasteiger partial charge in [0.15, 0.2) is 6.10 Å². The van der Waals surface area contributed by atoms with Crippen molar-refractivity contribution in [2.24, 2.45) is 5.73 Å². The summed E-state index contributed by atoms with van der Waals surface area (Å²) in [7, 11) is 0. The van der Waals surface area contributed by atoms with E-state index in [4.69, 9.17) is 15.2 Å². The first-order valence-corrected chi connectivity index (χ1v) is 6.05. The van der Waals surface area contributed by atoms with Crippen LogP contribution in [0.3, 0.4) is 0 Å². The largest absolute Gasteiger partial charge is 0.376 e. The van der Waals surface area contributed by atoms with Gasteiger partial charge in [-0.05, 0) is 5.56 Å². The van der Waals surface area contributed by atoms with Crippen LogP contribution in [0.15, 0.2) is 30.3 Å². The van der Waals surface area contributed by atoms with E-state index in [1.807, 2.05) is 30.3 Å². The Balaban J connectivity index is 0.00000180. The molecular formula is C13H19ClN2O3. The van der Waals surface area contributed by atoms with E-state index in [0.717, 1.165) is 5.56 Å². The van der Waals surface area contributed by atoms with E-state index in [1.165, 1.54) is 0 Å². The van der Waals surface area contributed by atoms with Crippen LogP contribution in [0.2, 0.25) is 0 Å². The van der Waals surface area contributed by atoms with Crippen LogP contribution in [-0.2, 0) is 14.3 Å². The predicted octanol–water partition coefficient (Wildman–Crippen LogP) is 0.640. The van der Waals surface area contributed by atoms with Crippen LogP contribution in [0.5, 0.6) is 0 Å². The fourth-order valence-corrected chi connectivity index (χ4v) is 1.78. The third-order valence-corrected chi connectivity index (χ3v) is 2.83. The van der Waals surface area contributed by atoms with Gasteiger partial charge >= 0.3 is 0 Å². The van der Waals surface area contributed by atoms with E-state index in [9.17, 15) is 4.79 Å². The minimum Gasteiger partial charge on any atom is -0.376 e. The molecule has 2 atom stereocenters. The molecule has 1 aliphatic rings. The number of ether oxygens (including phenoxy) is 2. The topological polar surface area (TPSA) is 73.6 Å². The van der Waals surface area contributed by atoms with Crippen molar-refractivity contribution < 1.29 is 14.3 Å². The third kappa shape index (κ3) is 4.80. The van der Waals surface area contributed by atoms with Crippen LogP contribution in [-0.4, -0.2) is 38.4 Å². The summed E-state index contributed by atoms with van der Waals surface area (Å²) in [6.07, 6.45) is -0.512. The van der Waals surface area contributed by atoms with Crippen molar-refractivity contribution >= 4 is 18.3 Å². The summed E-state index contributed by atoms with van der Waals surface area (Å²) >= 11 is 0. The summed E-state index contributed by atoms with van der Waals surface area (Å²) in [6, 6.07) is 9.46. The molecule has 1 aromatic rings. The van der Waals surface area contributed by atoms with Gasteiger partial charge in [0.25, 0.3) is 5.91 Å². The fourth-order valence-electron chi connectivity index (χ4n) is 1.78. The van der Waals surface area contributed by atoms with Crippen LogP contribution in [0.4, 0.5) is 0 Å². The number of hydrogen-bond donors (Lipinski definition) is 2. The normalized spacial score (nSPS) is 20.2. The number of carbonyl (C=O) groups excluding carboxylic acids is 1. The zero-order valence-electron chi connectivity index (χ0n) is 10.6. The molecule has 2 rings (SSSR count). The van der Waals surface area contributed by atoms with Gasteiger partial charge in [0.05, 0.1) is 19.8 Å². The maximum Gasteiger partial charge on any atom is 0.251 e. The lowest BCUT2D eigenvalue weighted by atomic mass is 10.1. The van der Waals surface area contributed by atoms with Crippen LogP contribution in [0.1, 0.15) is 11.6 Å². The number of rotatable bonds is 4. The molecule has 0 aromatic heterocycles. The van der Waals surface area contributed by atoms with E-state index < -0.39 is 6.10 Å². The molecule has 3 N–H and O–H groups in total. The summed E-state index contributed by atoms with van der Waals surface area (Å²) in [4.78, 5) is 11.8.